The summed E-state index contributed by atoms with van der Waals surface area (Å²) in [5.41, 5.74) is 0.546. The van der Waals surface area contributed by atoms with E-state index < -0.39 is 10.7 Å². The van der Waals surface area contributed by atoms with Gasteiger partial charge >= 0.3 is 0 Å². The summed E-state index contributed by atoms with van der Waals surface area (Å²) in [4.78, 5) is 27.2. The fourth-order valence-electron chi connectivity index (χ4n) is 3.11. The number of anilines is 1. The van der Waals surface area contributed by atoms with Gasteiger partial charge in [0, 0.05) is 31.2 Å². The molecule has 8 heteroatoms. The van der Waals surface area contributed by atoms with Crippen LogP contribution in [0.5, 0.6) is 0 Å². The van der Waals surface area contributed by atoms with Crippen molar-refractivity contribution in [2.75, 3.05) is 24.5 Å². The standard InChI is InChI=1S/C17H18FN3O3S/c1-11-8-15(13(18)9-14(11)21(23)24)19-5-6-20(12(2)10-19)17(22)16-4-3-7-25-16/h3-4,7-9,12H,5-6,10H2,1-2H3. The first kappa shape index (κ1) is 17.3. The van der Waals surface area contributed by atoms with E-state index in [2.05, 4.69) is 0 Å². The third-order valence-corrected chi connectivity index (χ3v) is 5.28. The van der Waals surface area contributed by atoms with Crippen molar-refractivity contribution >= 4 is 28.6 Å². The molecular formula is C17H18FN3O3S. The summed E-state index contributed by atoms with van der Waals surface area (Å²) in [5, 5.41) is 12.8. The average molecular weight is 363 g/mol. The van der Waals surface area contributed by atoms with E-state index in [1.807, 2.05) is 23.3 Å². The van der Waals surface area contributed by atoms with Gasteiger partial charge in [-0.2, -0.15) is 0 Å². The maximum atomic E-state index is 14.4. The highest BCUT2D eigenvalue weighted by atomic mass is 32.1. The minimum atomic E-state index is -0.609. The molecule has 0 N–H and O–H groups in total. The number of nitro benzene ring substituents is 1. The van der Waals surface area contributed by atoms with Crippen molar-refractivity contribution in [1.82, 2.24) is 4.90 Å². The van der Waals surface area contributed by atoms with Crippen LogP contribution in [0.15, 0.2) is 29.6 Å². The van der Waals surface area contributed by atoms with E-state index in [1.54, 1.807) is 17.9 Å². The molecule has 1 aliphatic rings. The van der Waals surface area contributed by atoms with Gasteiger partial charge in [0.25, 0.3) is 11.6 Å². The van der Waals surface area contributed by atoms with Crippen molar-refractivity contribution < 1.29 is 14.1 Å². The number of halogens is 1. The molecule has 2 heterocycles. The van der Waals surface area contributed by atoms with Crippen LogP contribution in [-0.2, 0) is 0 Å². The predicted octanol–water partition coefficient (Wildman–Crippen LogP) is 3.45. The second-order valence-corrected chi connectivity index (χ2v) is 7.07. The minimum Gasteiger partial charge on any atom is -0.365 e. The highest BCUT2D eigenvalue weighted by molar-refractivity contribution is 7.12. The Hall–Kier alpha value is -2.48. The van der Waals surface area contributed by atoms with Gasteiger partial charge in [-0.25, -0.2) is 4.39 Å². The van der Waals surface area contributed by atoms with E-state index in [1.165, 1.54) is 17.4 Å². The van der Waals surface area contributed by atoms with Gasteiger partial charge in [0.1, 0.15) is 0 Å². The van der Waals surface area contributed by atoms with E-state index in [0.717, 1.165) is 6.07 Å². The largest absolute Gasteiger partial charge is 0.365 e. The fourth-order valence-corrected chi connectivity index (χ4v) is 3.79. The van der Waals surface area contributed by atoms with Crippen LogP contribution in [0.1, 0.15) is 22.2 Å². The Morgan fingerprint density at radius 3 is 2.76 bits per heavy atom. The smallest absolute Gasteiger partial charge is 0.275 e. The number of aryl methyl sites for hydroxylation is 1. The molecule has 0 aliphatic carbocycles. The molecule has 1 amide bonds. The Labute approximate surface area is 148 Å². The lowest BCUT2D eigenvalue weighted by Gasteiger charge is -2.41. The first-order valence-corrected chi connectivity index (χ1v) is 8.80. The maximum absolute atomic E-state index is 14.4. The quantitative estimate of drug-likeness (QED) is 0.619. The molecule has 1 saturated heterocycles. The van der Waals surface area contributed by atoms with Gasteiger partial charge in [0.15, 0.2) is 5.82 Å². The molecule has 0 bridgehead atoms. The van der Waals surface area contributed by atoms with Gasteiger partial charge in [-0.15, -0.1) is 11.3 Å². The summed E-state index contributed by atoms with van der Waals surface area (Å²) in [7, 11) is 0. The third-order valence-electron chi connectivity index (χ3n) is 4.42. The molecule has 2 aromatic rings. The first-order valence-electron chi connectivity index (χ1n) is 7.92. The van der Waals surface area contributed by atoms with Crippen LogP contribution in [0.4, 0.5) is 15.8 Å². The Morgan fingerprint density at radius 1 is 1.40 bits per heavy atom. The molecule has 1 unspecified atom stereocenters. The lowest BCUT2D eigenvalue weighted by Crippen LogP contribution is -2.54. The van der Waals surface area contributed by atoms with Crippen molar-refractivity contribution in [1.29, 1.82) is 0 Å². The van der Waals surface area contributed by atoms with Gasteiger partial charge < -0.3 is 9.80 Å². The number of nitro groups is 1. The lowest BCUT2D eigenvalue weighted by atomic mass is 10.1. The zero-order valence-electron chi connectivity index (χ0n) is 13.9. The van der Waals surface area contributed by atoms with Gasteiger partial charge in [0.2, 0.25) is 0 Å². The van der Waals surface area contributed by atoms with Crippen LogP contribution in [0.3, 0.4) is 0 Å². The molecular weight excluding hydrogens is 345 g/mol. The number of nitrogens with zero attached hydrogens (tertiary/aromatic N) is 3. The SMILES string of the molecule is Cc1cc(N2CCN(C(=O)c3cccs3)C(C)C2)c(F)cc1[N+](=O)[O-]. The Morgan fingerprint density at radius 2 is 2.16 bits per heavy atom. The van der Waals surface area contributed by atoms with Crippen molar-refractivity contribution in [3.8, 4) is 0 Å². The first-order chi connectivity index (χ1) is 11.9. The number of carbonyl (C=O) groups is 1. The number of thiophene rings is 1. The number of benzene rings is 1. The number of rotatable bonds is 3. The van der Waals surface area contributed by atoms with E-state index in [9.17, 15) is 19.3 Å². The average Bonchev–Trinajstić information content (AvgIpc) is 3.10. The highest BCUT2D eigenvalue weighted by Gasteiger charge is 2.30. The zero-order valence-corrected chi connectivity index (χ0v) is 14.8. The normalized spacial score (nSPS) is 17.6. The minimum absolute atomic E-state index is 0.0116. The molecule has 3 rings (SSSR count). The van der Waals surface area contributed by atoms with E-state index in [0.29, 0.717) is 35.8 Å². The monoisotopic (exact) mass is 363 g/mol. The number of hydrogen-bond donors (Lipinski definition) is 0. The molecule has 1 aromatic heterocycles. The van der Waals surface area contributed by atoms with Crippen LogP contribution in [0.25, 0.3) is 0 Å². The second-order valence-electron chi connectivity index (χ2n) is 6.12. The van der Waals surface area contributed by atoms with Gasteiger partial charge in [-0.1, -0.05) is 6.07 Å². The summed E-state index contributed by atoms with van der Waals surface area (Å²) in [5.74, 6) is -0.620. The zero-order chi connectivity index (χ0) is 18.1. The molecule has 1 fully saturated rings. The summed E-state index contributed by atoms with van der Waals surface area (Å²) in [6, 6.07) is 6.03. The van der Waals surface area contributed by atoms with Crippen molar-refractivity contribution in [3.63, 3.8) is 0 Å². The molecule has 0 saturated carbocycles. The van der Waals surface area contributed by atoms with Crippen LogP contribution in [0.2, 0.25) is 0 Å². The number of amides is 1. The Bertz CT molecular complexity index is 810. The number of carbonyl (C=O) groups excluding carboxylic acids is 1. The van der Waals surface area contributed by atoms with E-state index in [-0.39, 0.29) is 17.6 Å². The van der Waals surface area contributed by atoms with E-state index in [4.69, 9.17) is 0 Å². The molecule has 0 radical (unpaired) electrons. The second kappa shape index (κ2) is 6.79. The van der Waals surface area contributed by atoms with Crippen molar-refractivity contribution in [2.24, 2.45) is 0 Å². The highest BCUT2D eigenvalue weighted by Crippen LogP contribution is 2.30. The van der Waals surface area contributed by atoms with Crippen LogP contribution in [0, 0.1) is 22.9 Å². The topological polar surface area (TPSA) is 66.7 Å². The molecule has 1 aliphatic heterocycles. The molecule has 6 nitrogen and oxygen atoms in total. The van der Waals surface area contributed by atoms with Crippen LogP contribution < -0.4 is 4.90 Å². The molecule has 1 aromatic carbocycles. The summed E-state index contributed by atoms with van der Waals surface area (Å²) < 4.78 is 14.4. The molecule has 132 valence electrons. The molecule has 25 heavy (non-hydrogen) atoms. The summed E-state index contributed by atoms with van der Waals surface area (Å²) in [6.07, 6.45) is 0. The third kappa shape index (κ3) is 3.34. The van der Waals surface area contributed by atoms with Gasteiger partial charge in [0.05, 0.1) is 21.6 Å². The lowest BCUT2D eigenvalue weighted by molar-refractivity contribution is -0.385. The van der Waals surface area contributed by atoms with Gasteiger partial charge in [-0.3, -0.25) is 14.9 Å². The summed E-state index contributed by atoms with van der Waals surface area (Å²) >= 11 is 1.40. The number of hydrogen-bond acceptors (Lipinski definition) is 5. The van der Waals surface area contributed by atoms with Crippen molar-refractivity contribution in [2.45, 2.75) is 19.9 Å². The van der Waals surface area contributed by atoms with Gasteiger partial charge in [-0.05, 0) is 31.4 Å². The fraction of sp³-hybridized carbons (Fsp3) is 0.353. The predicted molar refractivity (Wildman–Crippen MR) is 94.8 cm³/mol. The Balaban J connectivity index is 1.78. The van der Waals surface area contributed by atoms with Crippen LogP contribution in [-0.4, -0.2) is 41.4 Å². The number of piperazine rings is 1. The molecule has 1 atom stereocenters. The van der Waals surface area contributed by atoms with Crippen LogP contribution >= 0.6 is 11.3 Å². The Kier molecular flexibility index (Phi) is 4.71. The van der Waals surface area contributed by atoms with Crippen molar-refractivity contribution in [3.05, 3.63) is 56.0 Å². The summed E-state index contributed by atoms with van der Waals surface area (Å²) in [6.45, 7) is 4.96. The van der Waals surface area contributed by atoms with E-state index >= 15 is 0 Å². The molecule has 0 spiro atoms. The maximum Gasteiger partial charge on any atom is 0.275 e.